The number of aromatic nitrogens is 2. The first kappa shape index (κ1) is 16.0. The van der Waals surface area contributed by atoms with Crippen molar-refractivity contribution < 1.29 is 0 Å². The maximum atomic E-state index is 6.21. The van der Waals surface area contributed by atoms with E-state index >= 15 is 0 Å². The van der Waals surface area contributed by atoms with Crippen molar-refractivity contribution in [3.63, 3.8) is 0 Å². The van der Waals surface area contributed by atoms with Crippen LogP contribution in [0.5, 0.6) is 0 Å². The second-order valence-electron chi connectivity index (χ2n) is 4.61. The number of nitrogen functional groups attached to an aromatic ring is 1. The Labute approximate surface area is 137 Å². The smallest absolute Gasteiger partial charge is 0.148 e. The molecule has 0 aliphatic carbocycles. The highest BCUT2D eigenvalue weighted by Gasteiger charge is 2.11. The number of rotatable bonds is 5. The summed E-state index contributed by atoms with van der Waals surface area (Å²) in [6.45, 7) is 3.98. The number of anilines is 3. The van der Waals surface area contributed by atoms with Crippen LogP contribution < -0.4 is 16.6 Å². The normalized spacial score (nSPS) is 10.5. The van der Waals surface area contributed by atoms with Crippen molar-refractivity contribution in [2.75, 3.05) is 10.7 Å². The third kappa shape index (κ3) is 3.84. The topological polar surface area (TPSA) is 75.9 Å². The Morgan fingerprint density at radius 1 is 1.29 bits per heavy atom. The van der Waals surface area contributed by atoms with E-state index in [9.17, 15) is 0 Å². The van der Waals surface area contributed by atoms with Gasteiger partial charge in [-0.25, -0.2) is 15.8 Å². The van der Waals surface area contributed by atoms with Gasteiger partial charge in [-0.2, -0.15) is 0 Å². The van der Waals surface area contributed by atoms with Crippen molar-refractivity contribution in [3.8, 4) is 0 Å². The highest BCUT2D eigenvalue weighted by Crippen LogP contribution is 2.30. The quantitative estimate of drug-likeness (QED) is 0.543. The zero-order valence-electron chi connectivity index (χ0n) is 11.9. The summed E-state index contributed by atoms with van der Waals surface area (Å²) in [5.41, 5.74) is 4.23. The highest BCUT2D eigenvalue weighted by atomic mass is 79.9. The number of aryl methyl sites for hydroxylation is 1. The molecule has 2 rings (SSSR count). The van der Waals surface area contributed by atoms with E-state index in [4.69, 9.17) is 17.4 Å². The summed E-state index contributed by atoms with van der Waals surface area (Å²) in [6, 6.07) is 5.61. The van der Waals surface area contributed by atoms with Crippen molar-refractivity contribution >= 4 is 44.9 Å². The van der Waals surface area contributed by atoms with Gasteiger partial charge in [-0.15, -0.1) is 0 Å². The Morgan fingerprint density at radius 3 is 2.67 bits per heavy atom. The van der Waals surface area contributed by atoms with Gasteiger partial charge in [0.25, 0.3) is 0 Å². The third-order valence-corrected chi connectivity index (χ3v) is 3.81. The number of nitrogens with zero attached hydrogens (tertiary/aromatic N) is 2. The van der Waals surface area contributed by atoms with Crippen LogP contribution in [0.1, 0.15) is 24.7 Å². The number of hydrogen-bond donors (Lipinski definition) is 3. The summed E-state index contributed by atoms with van der Waals surface area (Å²) in [6.07, 6.45) is 1.75. The maximum Gasteiger partial charge on any atom is 0.148 e. The number of benzene rings is 1. The molecule has 0 saturated heterocycles. The van der Waals surface area contributed by atoms with Crippen molar-refractivity contribution in [1.82, 2.24) is 9.97 Å². The first-order valence-electron chi connectivity index (χ1n) is 6.61. The Kier molecular flexibility index (Phi) is 5.39. The molecule has 5 nitrogen and oxygen atoms in total. The molecular weight excluding hydrogens is 354 g/mol. The van der Waals surface area contributed by atoms with Gasteiger partial charge in [-0.1, -0.05) is 34.5 Å². The van der Waals surface area contributed by atoms with Crippen LogP contribution in [0.15, 0.2) is 22.7 Å². The van der Waals surface area contributed by atoms with Gasteiger partial charge >= 0.3 is 0 Å². The largest absolute Gasteiger partial charge is 0.339 e. The predicted molar refractivity (Wildman–Crippen MR) is 91.0 cm³/mol. The molecule has 2 aromatic rings. The number of halogens is 2. The van der Waals surface area contributed by atoms with Crippen LogP contribution in [-0.2, 0) is 6.42 Å². The van der Waals surface area contributed by atoms with Gasteiger partial charge in [-0.05, 0) is 31.5 Å². The zero-order chi connectivity index (χ0) is 15.4. The Morgan fingerprint density at radius 2 is 2.00 bits per heavy atom. The lowest BCUT2D eigenvalue weighted by Crippen LogP contribution is -2.14. The fourth-order valence-corrected chi connectivity index (χ4v) is 2.41. The fourth-order valence-electron chi connectivity index (χ4n) is 1.88. The minimum absolute atomic E-state index is 0.613. The zero-order valence-corrected chi connectivity index (χ0v) is 14.2. The summed E-state index contributed by atoms with van der Waals surface area (Å²) >= 11 is 9.64. The molecule has 4 N–H and O–H groups in total. The van der Waals surface area contributed by atoms with Gasteiger partial charge in [-0.3, -0.25) is 0 Å². The van der Waals surface area contributed by atoms with Crippen LogP contribution in [-0.4, -0.2) is 9.97 Å². The molecule has 1 heterocycles. The fraction of sp³-hybridized carbons (Fsp3) is 0.286. The van der Waals surface area contributed by atoms with E-state index in [1.807, 2.05) is 25.1 Å². The third-order valence-electron chi connectivity index (χ3n) is 2.98. The van der Waals surface area contributed by atoms with Gasteiger partial charge in [0.2, 0.25) is 0 Å². The number of hydrazine groups is 1. The van der Waals surface area contributed by atoms with Crippen LogP contribution in [0, 0.1) is 6.92 Å². The van der Waals surface area contributed by atoms with Crippen molar-refractivity contribution in [3.05, 3.63) is 39.1 Å². The second kappa shape index (κ2) is 7.06. The molecule has 0 atom stereocenters. The minimum atomic E-state index is 0.613. The lowest BCUT2D eigenvalue weighted by molar-refractivity contribution is 0.833. The predicted octanol–water partition coefficient (Wildman–Crippen LogP) is 4.18. The number of nitrogens with one attached hydrogen (secondary N) is 2. The lowest BCUT2D eigenvalue weighted by atomic mass is 10.2. The van der Waals surface area contributed by atoms with Gasteiger partial charge in [0.15, 0.2) is 0 Å². The van der Waals surface area contributed by atoms with Gasteiger partial charge < -0.3 is 10.7 Å². The molecule has 0 bridgehead atoms. The Hall–Kier alpha value is -1.37. The molecule has 7 heteroatoms. The maximum absolute atomic E-state index is 6.21. The van der Waals surface area contributed by atoms with Crippen LogP contribution in [0.25, 0.3) is 0 Å². The molecule has 0 fully saturated rings. The van der Waals surface area contributed by atoms with E-state index in [0.717, 1.165) is 34.4 Å². The van der Waals surface area contributed by atoms with E-state index in [2.05, 4.69) is 43.6 Å². The number of hydrogen-bond acceptors (Lipinski definition) is 5. The lowest BCUT2D eigenvalue weighted by Gasteiger charge is -2.14. The minimum Gasteiger partial charge on any atom is -0.339 e. The molecule has 0 aliphatic heterocycles. The van der Waals surface area contributed by atoms with E-state index in [-0.39, 0.29) is 0 Å². The first-order chi connectivity index (χ1) is 10.0. The van der Waals surface area contributed by atoms with Crippen molar-refractivity contribution in [2.24, 2.45) is 5.84 Å². The van der Waals surface area contributed by atoms with Gasteiger partial charge in [0, 0.05) is 16.5 Å². The van der Waals surface area contributed by atoms with Crippen molar-refractivity contribution in [2.45, 2.75) is 26.7 Å². The van der Waals surface area contributed by atoms with Gasteiger partial charge in [0.05, 0.1) is 10.7 Å². The second-order valence-corrected chi connectivity index (χ2v) is 5.93. The summed E-state index contributed by atoms with van der Waals surface area (Å²) < 4.78 is 0.937. The molecule has 0 unspecified atom stereocenters. The summed E-state index contributed by atoms with van der Waals surface area (Å²) in [7, 11) is 0. The standard InChI is InChI=1S/C14H17BrClN5/c1-3-4-12-19-13(8(2)14(20-12)21-17)18-11-7-9(15)5-6-10(11)16/h5-7H,3-4,17H2,1-2H3,(H2,18,19,20,21). The highest BCUT2D eigenvalue weighted by molar-refractivity contribution is 9.10. The van der Waals surface area contributed by atoms with E-state index in [0.29, 0.717) is 16.7 Å². The SMILES string of the molecule is CCCc1nc(NN)c(C)c(Nc2cc(Br)ccc2Cl)n1. The molecule has 0 spiro atoms. The van der Waals surface area contributed by atoms with Crippen molar-refractivity contribution in [1.29, 1.82) is 0 Å². The van der Waals surface area contributed by atoms with E-state index in [1.165, 1.54) is 0 Å². The van der Waals surface area contributed by atoms with E-state index < -0.39 is 0 Å². The molecule has 21 heavy (non-hydrogen) atoms. The molecule has 0 amide bonds. The summed E-state index contributed by atoms with van der Waals surface area (Å²) in [5.74, 6) is 7.58. The average molecular weight is 371 g/mol. The molecule has 1 aromatic carbocycles. The first-order valence-corrected chi connectivity index (χ1v) is 7.78. The number of nitrogens with two attached hydrogens (primary N) is 1. The molecule has 112 valence electrons. The monoisotopic (exact) mass is 369 g/mol. The Balaban J connectivity index is 2.42. The van der Waals surface area contributed by atoms with Crippen LogP contribution in [0.4, 0.5) is 17.3 Å². The van der Waals surface area contributed by atoms with Crippen LogP contribution in [0.2, 0.25) is 5.02 Å². The molecule has 0 saturated carbocycles. The summed E-state index contributed by atoms with van der Waals surface area (Å²) in [5, 5.41) is 3.87. The molecular formula is C14H17BrClN5. The van der Waals surface area contributed by atoms with E-state index in [1.54, 1.807) is 0 Å². The van der Waals surface area contributed by atoms with Crippen LogP contribution >= 0.6 is 27.5 Å². The Bertz CT molecular complexity index is 648. The summed E-state index contributed by atoms with van der Waals surface area (Å²) in [4.78, 5) is 8.94. The van der Waals surface area contributed by atoms with Crippen LogP contribution in [0.3, 0.4) is 0 Å². The molecule has 0 aliphatic rings. The molecule has 1 aromatic heterocycles. The molecule has 0 radical (unpaired) electrons. The van der Waals surface area contributed by atoms with Gasteiger partial charge in [0.1, 0.15) is 17.5 Å². The average Bonchev–Trinajstić information content (AvgIpc) is 2.46.